The molecule has 1 aromatic rings. The fraction of sp³-hybridized carbons (Fsp3) is 0.636. The number of hydrogen-bond donors (Lipinski definition) is 2. The molecule has 1 aliphatic rings. The second kappa shape index (κ2) is 4.93. The number of H-pyrrole nitrogens is 1. The van der Waals surface area contributed by atoms with E-state index in [1.165, 1.54) is 0 Å². The summed E-state index contributed by atoms with van der Waals surface area (Å²) < 4.78 is 19.4. The second-order valence-electron chi connectivity index (χ2n) is 4.46. The highest BCUT2D eigenvalue weighted by molar-refractivity contribution is 5.11. The predicted molar refractivity (Wildman–Crippen MR) is 61.2 cm³/mol. The van der Waals surface area contributed by atoms with Crippen LogP contribution in [0.2, 0.25) is 0 Å². The number of aromatic hydroxyl groups is 1. The summed E-state index contributed by atoms with van der Waals surface area (Å²) in [5.41, 5.74) is -1.99. The predicted octanol–water partition coefficient (Wildman–Crippen LogP) is 0.369. The maximum absolute atomic E-state index is 13.3. The quantitative estimate of drug-likeness (QED) is 0.802. The molecule has 0 spiro atoms. The van der Waals surface area contributed by atoms with Gasteiger partial charge in [-0.15, -0.1) is 0 Å². The Kier molecular flexibility index (Phi) is 3.51. The lowest BCUT2D eigenvalue weighted by Crippen LogP contribution is -2.36. The number of hydrogen-bond acceptors (Lipinski definition) is 4. The summed E-state index contributed by atoms with van der Waals surface area (Å²) in [5, 5.41) is 9.60. The van der Waals surface area contributed by atoms with Crippen LogP contribution in [0.3, 0.4) is 0 Å². The molecule has 7 heteroatoms. The Balaban J connectivity index is 2.41. The first-order valence-electron chi connectivity index (χ1n) is 5.83. The Morgan fingerprint density at radius 3 is 2.67 bits per heavy atom. The van der Waals surface area contributed by atoms with Gasteiger partial charge >= 0.3 is 5.69 Å². The van der Waals surface area contributed by atoms with Crippen LogP contribution in [0.25, 0.3) is 0 Å². The highest BCUT2D eigenvalue weighted by Gasteiger charge is 2.26. The summed E-state index contributed by atoms with van der Waals surface area (Å²) >= 11 is 0. The summed E-state index contributed by atoms with van der Waals surface area (Å²) in [4.78, 5) is 24.5. The lowest BCUT2D eigenvalue weighted by molar-refractivity contribution is 0.0491. The molecule has 0 saturated carbocycles. The van der Waals surface area contributed by atoms with Crippen LogP contribution in [0.1, 0.15) is 25.8 Å². The molecule has 2 rings (SSSR count). The number of nitrogens with zero attached hydrogens (tertiary/aromatic N) is 1. The molecule has 0 aromatic carbocycles. The van der Waals surface area contributed by atoms with E-state index in [-0.39, 0.29) is 5.92 Å². The summed E-state index contributed by atoms with van der Waals surface area (Å²) in [5.74, 6) is -2.12. The van der Waals surface area contributed by atoms with Gasteiger partial charge in [0.15, 0.2) is 0 Å². The average molecular weight is 258 g/mol. The van der Waals surface area contributed by atoms with Gasteiger partial charge in [-0.1, -0.05) is 0 Å². The number of nitrogens with one attached hydrogen (secondary N) is 1. The number of rotatable bonds is 2. The van der Waals surface area contributed by atoms with Gasteiger partial charge in [-0.2, -0.15) is 4.39 Å². The third kappa shape index (κ3) is 2.17. The van der Waals surface area contributed by atoms with Crippen molar-refractivity contribution >= 4 is 0 Å². The fourth-order valence-corrected chi connectivity index (χ4v) is 2.30. The van der Waals surface area contributed by atoms with Crippen LogP contribution < -0.4 is 11.2 Å². The lowest BCUT2D eigenvalue weighted by atomic mass is 9.93. The standard InChI is InChI=1S/C11H15FN2O4/c1-6(7-2-4-18-5-3-7)14-10(16)8(12)9(15)13-11(14)17/h6-7,16H,2-5H2,1H3,(H,13,15,17). The van der Waals surface area contributed by atoms with E-state index in [4.69, 9.17) is 4.74 Å². The Hall–Kier alpha value is -1.63. The molecule has 18 heavy (non-hydrogen) atoms. The van der Waals surface area contributed by atoms with Crippen LogP contribution in [0.4, 0.5) is 4.39 Å². The van der Waals surface area contributed by atoms with Crippen molar-refractivity contribution in [2.45, 2.75) is 25.8 Å². The van der Waals surface area contributed by atoms with Crippen LogP contribution in [-0.4, -0.2) is 27.9 Å². The van der Waals surface area contributed by atoms with Crippen LogP contribution >= 0.6 is 0 Å². The molecule has 0 bridgehead atoms. The van der Waals surface area contributed by atoms with Gasteiger partial charge in [0.25, 0.3) is 5.56 Å². The van der Waals surface area contributed by atoms with Crippen LogP contribution in [-0.2, 0) is 4.74 Å². The SMILES string of the molecule is CC(C1CCOCC1)n1c(O)c(F)c(=O)[nH]c1=O. The molecule has 2 N–H and O–H groups in total. The number of aromatic amines is 1. The Morgan fingerprint density at radius 1 is 1.44 bits per heavy atom. The molecular formula is C11H15FN2O4. The monoisotopic (exact) mass is 258 g/mol. The molecule has 1 fully saturated rings. The fourth-order valence-electron chi connectivity index (χ4n) is 2.30. The van der Waals surface area contributed by atoms with Gasteiger partial charge in [0.1, 0.15) is 0 Å². The van der Waals surface area contributed by atoms with Gasteiger partial charge in [-0.3, -0.25) is 14.3 Å². The van der Waals surface area contributed by atoms with Crippen molar-refractivity contribution < 1.29 is 14.2 Å². The second-order valence-corrected chi connectivity index (χ2v) is 4.46. The number of halogens is 1. The zero-order valence-corrected chi connectivity index (χ0v) is 9.98. The molecular weight excluding hydrogens is 243 g/mol. The molecule has 0 amide bonds. The smallest absolute Gasteiger partial charge is 0.331 e. The third-order valence-electron chi connectivity index (χ3n) is 3.42. The van der Waals surface area contributed by atoms with Crippen molar-refractivity contribution in [2.75, 3.05) is 13.2 Å². The minimum atomic E-state index is -1.33. The average Bonchev–Trinajstić information content (AvgIpc) is 2.37. The third-order valence-corrected chi connectivity index (χ3v) is 3.42. The zero-order chi connectivity index (χ0) is 13.3. The highest BCUT2D eigenvalue weighted by atomic mass is 19.1. The highest BCUT2D eigenvalue weighted by Crippen LogP contribution is 2.28. The van der Waals surface area contributed by atoms with Gasteiger partial charge in [-0.05, 0) is 25.7 Å². The van der Waals surface area contributed by atoms with E-state index in [1.807, 2.05) is 4.98 Å². The largest absolute Gasteiger partial charge is 0.492 e. The summed E-state index contributed by atoms with van der Waals surface area (Å²) in [7, 11) is 0. The zero-order valence-electron chi connectivity index (χ0n) is 9.98. The number of aromatic nitrogens is 2. The Morgan fingerprint density at radius 2 is 2.06 bits per heavy atom. The van der Waals surface area contributed by atoms with Crippen LogP contribution in [0, 0.1) is 11.7 Å². The van der Waals surface area contributed by atoms with Gasteiger partial charge in [0, 0.05) is 19.3 Å². The maximum Gasteiger partial charge on any atom is 0.331 e. The molecule has 0 radical (unpaired) electrons. The molecule has 1 saturated heterocycles. The van der Waals surface area contributed by atoms with Crippen molar-refractivity contribution in [1.82, 2.24) is 9.55 Å². The maximum atomic E-state index is 13.3. The number of ether oxygens (including phenoxy) is 1. The first-order chi connectivity index (χ1) is 8.52. The Labute approximate surface area is 102 Å². The molecule has 6 nitrogen and oxygen atoms in total. The minimum absolute atomic E-state index is 0.104. The van der Waals surface area contributed by atoms with Crippen molar-refractivity contribution in [3.05, 3.63) is 26.7 Å². The van der Waals surface area contributed by atoms with E-state index in [0.29, 0.717) is 13.2 Å². The van der Waals surface area contributed by atoms with E-state index in [1.54, 1.807) is 6.92 Å². The van der Waals surface area contributed by atoms with Crippen molar-refractivity contribution in [1.29, 1.82) is 0 Å². The molecule has 1 atom stereocenters. The van der Waals surface area contributed by atoms with E-state index >= 15 is 0 Å². The minimum Gasteiger partial charge on any atom is -0.492 e. The molecule has 2 heterocycles. The summed E-state index contributed by atoms with van der Waals surface area (Å²) in [6.07, 6.45) is 1.46. The van der Waals surface area contributed by atoms with Gasteiger partial charge in [0.2, 0.25) is 11.7 Å². The van der Waals surface area contributed by atoms with E-state index in [2.05, 4.69) is 0 Å². The first kappa shape index (κ1) is 12.8. The van der Waals surface area contributed by atoms with Crippen molar-refractivity contribution in [2.24, 2.45) is 5.92 Å². The van der Waals surface area contributed by atoms with Crippen molar-refractivity contribution in [3.63, 3.8) is 0 Å². The summed E-state index contributed by atoms with van der Waals surface area (Å²) in [6.45, 7) is 2.88. The normalized spacial score (nSPS) is 18.8. The van der Waals surface area contributed by atoms with Crippen LogP contribution in [0.5, 0.6) is 5.88 Å². The van der Waals surface area contributed by atoms with E-state index in [9.17, 15) is 19.1 Å². The lowest BCUT2D eigenvalue weighted by Gasteiger charge is -2.29. The van der Waals surface area contributed by atoms with Gasteiger partial charge in [0.05, 0.1) is 0 Å². The van der Waals surface area contributed by atoms with E-state index in [0.717, 1.165) is 17.4 Å². The molecule has 1 unspecified atom stereocenters. The van der Waals surface area contributed by atoms with Crippen LogP contribution in [0.15, 0.2) is 9.59 Å². The molecule has 100 valence electrons. The Bertz CT molecular complexity index is 545. The van der Waals surface area contributed by atoms with Gasteiger partial charge in [-0.25, -0.2) is 4.79 Å². The van der Waals surface area contributed by atoms with Gasteiger partial charge < -0.3 is 9.84 Å². The van der Waals surface area contributed by atoms with E-state index < -0.39 is 29.0 Å². The molecule has 1 aromatic heterocycles. The van der Waals surface area contributed by atoms with Crippen molar-refractivity contribution in [3.8, 4) is 5.88 Å². The topological polar surface area (TPSA) is 84.3 Å². The molecule has 0 aliphatic carbocycles. The molecule has 1 aliphatic heterocycles. The first-order valence-corrected chi connectivity index (χ1v) is 5.83. The summed E-state index contributed by atoms with van der Waals surface area (Å²) in [6, 6.07) is -0.396.